The van der Waals surface area contributed by atoms with E-state index in [0.29, 0.717) is 29.8 Å². The topological polar surface area (TPSA) is 90.6 Å². The molecular formula is C27H24N2O4. The van der Waals surface area contributed by atoms with Gasteiger partial charge in [-0.2, -0.15) is 0 Å². The predicted octanol–water partition coefficient (Wildman–Crippen LogP) is 4.34. The summed E-state index contributed by atoms with van der Waals surface area (Å²) < 4.78 is 10.2. The minimum Gasteiger partial charge on any atom is -0.465 e. The number of hydrogen-bond donors (Lipinski definition) is 2. The average molecular weight is 440 g/mol. The number of hydrogen-bond acceptors (Lipinski definition) is 5. The maximum atomic E-state index is 12.2. The zero-order chi connectivity index (χ0) is 23.2. The fourth-order valence-corrected chi connectivity index (χ4v) is 3.96. The Balaban J connectivity index is 1.27. The fourth-order valence-electron chi connectivity index (χ4n) is 3.96. The maximum absolute atomic E-state index is 12.2. The molecule has 6 nitrogen and oxygen atoms in total. The molecule has 3 aromatic carbocycles. The van der Waals surface area contributed by atoms with Crippen LogP contribution in [0.5, 0.6) is 0 Å². The summed E-state index contributed by atoms with van der Waals surface area (Å²) in [6, 6.07) is 21.2. The van der Waals surface area contributed by atoms with Gasteiger partial charge in [-0.3, -0.25) is 0 Å². The second-order valence-electron chi connectivity index (χ2n) is 7.60. The molecule has 33 heavy (non-hydrogen) atoms. The molecule has 0 fully saturated rings. The van der Waals surface area contributed by atoms with E-state index < -0.39 is 12.1 Å². The van der Waals surface area contributed by atoms with E-state index in [1.807, 2.05) is 24.3 Å². The van der Waals surface area contributed by atoms with Gasteiger partial charge in [-0.25, -0.2) is 9.59 Å². The number of alkyl carbamates (subject to hydrolysis) is 1. The Bertz CT molecular complexity index is 1210. The van der Waals surface area contributed by atoms with E-state index >= 15 is 0 Å². The second-order valence-corrected chi connectivity index (χ2v) is 7.60. The summed E-state index contributed by atoms with van der Waals surface area (Å²) in [7, 11) is 1.32. The summed E-state index contributed by atoms with van der Waals surface area (Å²) in [5.74, 6) is 5.49. The lowest BCUT2D eigenvalue weighted by Gasteiger charge is -2.14. The van der Waals surface area contributed by atoms with Crippen molar-refractivity contribution in [1.82, 2.24) is 5.32 Å². The van der Waals surface area contributed by atoms with Crippen LogP contribution in [-0.4, -0.2) is 32.3 Å². The third-order valence-corrected chi connectivity index (χ3v) is 5.56. The Morgan fingerprint density at radius 2 is 1.67 bits per heavy atom. The van der Waals surface area contributed by atoms with Crippen LogP contribution in [-0.2, 0) is 9.47 Å². The van der Waals surface area contributed by atoms with Gasteiger partial charge in [-0.15, -0.1) is 0 Å². The first kappa shape index (κ1) is 22.0. The number of ether oxygens (including phenoxy) is 2. The molecule has 4 rings (SSSR count). The van der Waals surface area contributed by atoms with E-state index in [-0.39, 0.29) is 12.5 Å². The molecule has 1 amide bonds. The Labute approximate surface area is 192 Å². The van der Waals surface area contributed by atoms with E-state index in [2.05, 4.69) is 46.2 Å². The SMILES string of the molecule is COC(=O)c1ccc(C#CCCNC(=O)OCC2c3ccccc3-c3ccccc32)c(N)c1. The van der Waals surface area contributed by atoms with Gasteiger partial charge >= 0.3 is 12.1 Å². The van der Waals surface area contributed by atoms with Crippen LogP contribution in [0.25, 0.3) is 11.1 Å². The van der Waals surface area contributed by atoms with Gasteiger partial charge in [0.25, 0.3) is 0 Å². The number of nitrogens with two attached hydrogens (primary N) is 1. The third-order valence-electron chi connectivity index (χ3n) is 5.56. The molecule has 0 aliphatic heterocycles. The zero-order valence-corrected chi connectivity index (χ0v) is 18.3. The molecule has 0 heterocycles. The number of carbonyl (C=O) groups is 2. The van der Waals surface area contributed by atoms with Crippen molar-refractivity contribution in [1.29, 1.82) is 0 Å². The lowest BCUT2D eigenvalue weighted by molar-refractivity contribution is 0.0600. The van der Waals surface area contributed by atoms with Crippen molar-refractivity contribution in [3.8, 4) is 23.0 Å². The molecule has 0 aromatic heterocycles. The van der Waals surface area contributed by atoms with Gasteiger partial charge in [0.1, 0.15) is 6.61 Å². The fraction of sp³-hybridized carbons (Fsp3) is 0.185. The van der Waals surface area contributed by atoms with Crippen LogP contribution < -0.4 is 11.1 Å². The molecule has 0 unspecified atom stereocenters. The number of nitrogen functional groups attached to an aromatic ring is 1. The quantitative estimate of drug-likeness (QED) is 0.267. The first-order valence-electron chi connectivity index (χ1n) is 10.6. The highest BCUT2D eigenvalue weighted by Crippen LogP contribution is 2.44. The summed E-state index contributed by atoms with van der Waals surface area (Å²) in [4.78, 5) is 23.7. The number of fused-ring (bicyclic) bond motifs is 3. The normalized spacial score (nSPS) is 11.5. The molecular weight excluding hydrogens is 416 g/mol. The van der Waals surface area contributed by atoms with Crippen LogP contribution in [0.15, 0.2) is 66.7 Å². The molecule has 0 spiro atoms. The number of carbonyl (C=O) groups excluding carboxylic acids is 2. The van der Waals surface area contributed by atoms with Gasteiger partial charge in [0.15, 0.2) is 0 Å². The molecule has 0 bridgehead atoms. The van der Waals surface area contributed by atoms with E-state index in [0.717, 1.165) is 0 Å². The van der Waals surface area contributed by atoms with E-state index in [4.69, 9.17) is 10.5 Å². The largest absolute Gasteiger partial charge is 0.465 e. The van der Waals surface area contributed by atoms with Crippen LogP contribution in [0.4, 0.5) is 10.5 Å². The molecule has 3 N–H and O–H groups in total. The zero-order valence-electron chi connectivity index (χ0n) is 18.3. The Kier molecular flexibility index (Phi) is 6.61. The lowest BCUT2D eigenvalue weighted by atomic mass is 9.98. The highest BCUT2D eigenvalue weighted by molar-refractivity contribution is 5.90. The van der Waals surface area contributed by atoms with Crippen LogP contribution in [0.3, 0.4) is 0 Å². The maximum Gasteiger partial charge on any atom is 0.407 e. The first-order chi connectivity index (χ1) is 16.1. The van der Waals surface area contributed by atoms with Crippen molar-refractivity contribution >= 4 is 17.7 Å². The van der Waals surface area contributed by atoms with Crippen LogP contribution in [0.2, 0.25) is 0 Å². The van der Waals surface area contributed by atoms with Crippen LogP contribution >= 0.6 is 0 Å². The molecule has 3 aromatic rings. The van der Waals surface area contributed by atoms with Crippen molar-refractivity contribution in [3.05, 3.63) is 89.0 Å². The van der Waals surface area contributed by atoms with Crippen molar-refractivity contribution < 1.29 is 19.1 Å². The van der Waals surface area contributed by atoms with E-state index in [1.165, 1.54) is 35.4 Å². The highest BCUT2D eigenvalue weighted by Gasteiger charge is 2.28. The van der Waals surface area contributed by atoms with Crippen LogP contribution in [0, 0.1) is 11.8 Å². The van der Waals surface area contributed by atoms with Crippen molar-refractivity contribution in [2.75, 3.05) is 26.0 Å². The minimum absolute atomic E-state index is 0.0267. The molecule has 0 saturated carbocycles. The van der Waals surface area contributed by atoms with E-state index in [9.17, 15) is 9.59 Å². The minimum atomic E-state index is -0.472. The average Bonchev–Trinajstić information content (AvgIpc) is 3.16. The Morgan fingerprint density at radius 3 is 2.30 bits per heavy atom. The van der Waals surface area contributed by atoms with Gasteiger partial charge in [-0.05, 0) is 40.5 Å². The number of rotatable bonds is 5. The Morgan fingerprint density at radius 1 is 1.00 bits per heavy atom. The van der Waals surface area contributed by atoms with Crippen LogP contribution in [0.1, 0.15) is 39.4 Å². The summed E-state index contributed by atoms with van der Waals surface area (Å²) >= 11 is 0. The van der Waals surface area contributed by atoms with Gasteiger partial charge in [-0.1, -0.05) is 60.4 Å². The van der Waals surface area contributed by atoms with Gasteiger partial charge in [0.2, 0.25) is 0 Å². The monoisotopic (exact) mass is 440 g/mol. The number of amides is 1. The summed E-state index contributed by atoms with van der Waals surface area (Å²) in [6.45, 7) is 0.623. The lowest BCUT2D eigenvalue weighted by Crippen LogP contribution is -2.26. The molecule has 0 radical (unpaired) electrons. The van der Waals surface area contributed by atoms with Crippen molar-refractivity contribution in [2.24, 2.45) is 0 Å². The second kappa shape index (κ2) is 9.92. The molecule has 0 saturated heterocycles. The summed E-state index contributed by atoms with van der Waals surface area (Å²) in [6.07, 6.45) is -0.0387. The molecule has 0 atom stereocenters. The number of esters is 1. The predicted molar refractivity (Wildman–Crippen MR) is 127 cm³/mol. The van der Waals surface area contributed by atoms with Gasteiger partial charge < -0.3 is 20.5 Å². The first-order valence-corrected chi connectivity index (χ1v) is 10.6. The third kappa shape index (κ3) is 4.83. The smallest absolute Gasteiger partial charge is 0.407 e. The van der Waals surface area contributed by atoms with Gasteiger partial charge in [0.05, 0.1) is 12.7 Å². The summed E-state index contributed by atoms with van der Waals surface area (Å²) in [5.41, 5.74) is 12.1. The summed E-state index contributed by atoms with van der Waals surface area (Å²) in [5, 5.41) is 2.73. The molecule has 1 aliphatic carbocycles. The molecule has 1 aliphatic rings. The van der Waals surface area contributed by atoms with E-state index in [1.54, 1.807) is 12.1 Å². The molecule has 166 valence electrons. The number of methoxy groups -OCH3 is 1. The molecule has 6 heteroatoms. The number of benzene rings is 3. The highest BCUT2D eigenvalue weighted by atomic mass is 16.5. The van der Waals surface area contributed by atoms with Crippen molar-refractivity contribution in [3.63, 3.8) is 0 Å². The van der Waals surface area contributed by atoms with Gasteiger partial charge in [0, 0.05) is 30.1 Å². The Hall–Kier alpha value is -4.24. The number of anilines is 1. The number of nitrogens with one attached hydrogen (secondary N) is 1. The standard InChI is InChI=1S/C27H24N2O4/c1-32-26(30)19-14-13-18(25(28)16-19)8-6-7-15-29-27(31)33-17-24-22-11-4-2-9-20(22)21-10-3-5-12-23(21)24/h2-5,9-14,16,24H,7,15,17,28H2,1H3,(H,29,31). The van der Waals surface area contributed by atoms with Crippen molar-refractivity contribution in [2.45, 2.75) is 12.3 Å².